The average molecular weight is 230 g/mol. The van der Waals surface area contributed by atoms with E-state index < -0.39 is 0 Å². The molecule has 90 valence electrons. The molecule has 3 rings (SSSR count). The van der Waals surface area contributed by atoms with Crippen LogP contribution < -0.4 is 0 Å². The van der Waals surface area contributed by atoms with E-state index in [1.807, 2.05) is 12.1 Å². The molecule has 1 heterocycles. The van der Waals surface area contributed by atoms with E-state index in [9.17, 15) is 5.11 Å². The van der Waals surface area contributed by atoms with Gasteiger partial charge in [0.1, 0.15) is 5.82 Å². The highest BCUT2D eigenvalue weighted by atomic mass is 16.3. The van der Waals surface area contributed by atoms with Gasteiger partial charge in [-0.05, 0) is 37.3 Å². The second-order valence-electron chi connectivity index (χ2n) is 5.11. The van der Waals surface area contributed by atoms with Crippen LogP contribution >= 0.6 is 0 Å². The molecule has 0 spiro atoms. The van der Waals surface area contributed by atoms with E-state index in [2.05, 4.69) is 28.7 Å². The van der Waals surface area contributed by atoms with Gasteiger partial charge in [0, 0.05) is 13.5 Å². The van der Waals surface area contributed by atoms with Gasteiger partial charge in [-0.1, -0.05) is 12.1 Å². The fourth-order valence-corrected chi connectivity index (χ4v) is 2.87. The predicted octanol–water partition coefficient (Wildman–Crippen LogP) is 2.28. The first kappa shape index (κ1) is 10.8. The van der Waals surface area contributed by atoms with Gasteiger partial charge < -0.3 is 9.67 Å². The largest absolute Gasteiger partial charge is 0.393 e. The zero-order valence-corrected chi connectivity index (χ0v) is 10.1. The summed E-state index contributed by atoms with van der Waals surface area (Å²) in [6, 6.07) is 8.24. The number of rotatable bonds is 2. The third-order valence-electron chi connectivity index (χ3n) is 3.86. The van der Waals surface area contributed by atoms with Crippen LogP contribution in [-0.4, -0.2) is 20.8 Å². The summed E-state index contributed by atoms with van der Waals surface area (Å²) in [4.78, 5) is 4.68. The molecule has 2 aromatic rings. The maximum absolute atomic E-state index is 9.56. The normalized spacial score (nSPS) is 24.6. The Bertz CT molecular complexity index is 532. The number of benzene rings is 1. The van der Waals surface area contributed by atoms with E-state index in [1.165, 1.54) is 5.52 Å². The van der Waals surface area contributed by atoms with E-state index in [-0.39, 0.29) is 6.10 Å². The highest BCUT2D eigenvalue weighted by Crippen LogP contribution is 2.29. The van der Waals surface area contributed by atoms with Gasteiger partial charge >= 0.3 is 0 Å². The Kier molecular flexibility index (Phi) is 2.63. The van der Waals surface area contributed by atoms with Crippen molar-refractivity contribution in [3.8, 4) is 0 Å². The highest BCUT2D eigenvalue weighted by Gasteiger charge is 2.24. The van der Waals surface area contributed by atoms with Crippen molar-refractivity contribution in [2.75, 3.05) is 0 Å². The van der Waals surface area contributed by atoms with Crippen LogP contribution in [0.15, 0.2) is 24.3 Å². The summed E-state index contributed by atoms with van der Waals surface area (Å²) < 4.78 is 2.18. The molecule has 17 heavy (non-hydrogen) atoms. The van der Waals surface area contributed by atoms with Crippen LogP contribution in [0.5, 0.6) is 0 Å². The Hall–Kier alpha value is -1.35. The molecule has 3 heteroatoms. The summed E-state index contributed by atoms with van der Waals surface area (Å²) in [5.74, 6) is 1.74. The van der Waals surface area contributed by atoms with Gasteiger partial charge in [0.25, 0.3) is 0 Å². The summed E-state index contributed by atoms with van der Waals surface area (Å²) in [5, 5.41) is 9.56. The fourth-order valence-electron chi connectivity index (χ4n) is 2.87. The average Bonchev–Trinajstić information content (AvgIpc) is 2.86. The quantitative estimate of drug-likeness (QED) is 0.859. The van der Waals surface area contributed by atoms with Crippen molar-refractivity contribution in [2.24, 2.45) is 13.0 Å². The molecule has 1 aliphatic rings. The number of aliphatic hydroxyl groups is 1. The molecule has 1 fully saturated rings. The summed E-state index contributed by atoms with van der Waals surface area (Å²) in [6.07, 6.45) is 3.92. The third kappa shape index (κ3) is 1.95. The van der Waals surface area contributed by atoms with Crippen molar-refractivity contribution in [1.82, 2.24) is 9.55 Å². The summed E-state index contributed by atoms with van der Waals surface area (Å²) in [5.41, 5.74) is 2.27. The number of imidazole rings is 1. The SMILES string of the molecule is Cn1c(CC2CCC(O)C2)nc2ccccc21. The number of aliphatic hydroxyl groups excluding tert-OH is 1. The van der Waals surface area contributed by atoms with Crippen LogP contribution in [0.25, 0.3) is 11.0 Å². The minimum atomic E-state index is -0.0883. The van der Waals surface area contributed by atoms with Gasteiger partial charge in [-0.3, -0.25) is 0 Å². The number of aryl methyl sites for hydroxylation is 1. The van der Waals surface area contributed by atoms with E-state index >= 15 is 0 Å². The van der Waals surface area contributed by atoms with Gasteiger partial charge in [0.05, 0.1) is 17.1 Å². The molecule has 1 aromatic heterocycles. The Morgan fingerprint density at radius 2 is 2.18 bits per heavy atom. The number of hydrogen-bond acceptors (Lipinski definition) is 2. The van der Waals surface area contributed by atoms with E-state index in [1.54, 1.807) is 0 Å². The second kappa shape index (κ2) is 4.15. The van der Waals surface area contributed by atoms with Crippen molar-refractivity contribution in [1.29, 1.82) is 0 Å². The lowest BCUT2D eigenvalue weighted by atomic mass is 10.0. The van der Waals surface area contributed by atoms with Crippen molar-refractivity contribution in [3.63, 3.8) is 0 Å². The van der Waals surface area contributed by atoms with Crippen molar-refractivity contribution < 1.29 is 5.11 Å². The van der Waals surface area contributed by atoms with Crippen molar-refractivity contribution >= 4 is 11.0 Å². The van der Waals surface area contributed by atoms with Crippen LogP contribution in [0.3, 0.4) is 0 Å². The first-order chi connectivity index (χ1) is 8.24. The summed E-state index contributed by atoms with van der Waals surface area (Å²) in [7, 11) is 2.08. The standard InChI is InChI=1S/C14H18N2O/c1-16-13-5-3-2-4-12(13)15-14(16)9-10-6-7-11(17)8-10/h2-5,10-11,17H,6-9H2,1H3. The Labute approximate surface area is 101 Å². The lowest BCUT2D eigenvalue weighted by molar-refractivity contribution is 0.177. The molecule has 2 atom stereocenters. The van der Waals surface area contributed by atoms with Crippen molar-refractivity contribution in [3.05, 3.63) is 30.1 Å². The van der Waals surface area contributed by atoms with E-state index in [0.29, 0.717) is 5.92 Å². The molecule has 1 saturated carbocycles. The molecule has 1 aromatic carbocycles. The lowest BCUT2D eigenvalue weighted by Crippen LogP contribution is -2.07. The monoisotopic (exact) mass is 230 g/mol. The predicted molar refractivity (Wildman–Crippen MR) is 67.8 cm³/mol. The summed E-state index contributed by atoms with van der Waals surface area (Å²) in [6.45, 7) is 0. The van der Waals surface area contributed by atoms with Crippen LogP contribution in [-0.2, 0) is 13.5 Å². The zero-order chi connectivity index (χ0) is 11.8. The van der Waals surface area contributed by atoms with Gasteiger partial charge in [-0.15, -0.1) is 0 Å². The maximum atomic E-state index is 9.56. The third-order valence-corrected chi connectivity index (χ3v) is 3.86. The maximum Gasteiger partial charge on any atom is 0.109 e. The molecule has 0 bridgehead atoms. The van der Waals surface area contributed by atoms with Gasteiger partial charge in [-0.2, -0.15) is 0 Å². The number of fused-ring (bicyclic) bond motifs is 1. The molecule has 3 nitrogen and oxygen atoms in total. The molecular formula is C14H18N2O. The Morgan fingerprint density at radius 1 is 1.35 bits per heavy atom. The minimum Gasteiger partial charge on any atom is -0.393 e. The molecular weight excluding hydrogens is 212 g/mol. The molecule has 2 unspecified atom stereocenters. The molecule has 0 aliphatic heterocycles. The minimum absolute atomic E-state index is 0.0883. The molecule has 0 radical (unpaired) electrons. The first-order valence-corrected chi connectivity index (χ1v) is 6.32. The zero-order valence-electron chi connectivity index (χ0n) is 10.1. The first-order valence-electron chi connectivity index (χ1n) is 6.32. The van der Waals surface area contributed by atoms with Crippen LogP contribution in [0, 0.1) is 5.92 Å². The molecule has 1 N–H and O–H groups in total. The van der Waals surface area contributed by atoms with Gasteiger partial charge in [0.15, 0.2) is 0 Å². The number of aromatic nitrogens is 2. The van der Waals surface area contributed by atoms with Crippen LogP contribution in [0.2, 0.25) is 0 Å². The number of para-hydroxylation sites is 2. The van der Waals surface area contributed by atoms with Gasteiger partial charge in [-0.25, -0.2) is 4.98 Å². The smallest absolute Gasteiger partial charge is 0.109 e. The van der Waals surface area contributed by atoms with Gasteiger partial charge in [0.2, 0.25) is 0 Å². The Balaban J connectivity index is 1.88. The number of nitrogens with zero attached hydrogens (tertiary/aromatic N) is 2. The topological polar surface area (TPSA) is 38.0 Å². The van der Waals surface area contributed by atoms with Crippen LogP contribution in [0.1, 0.15) is 25.1 Å². The molecule has 1 aliphatic carbocycles. The fraction of sp³-hybridized carbons (Fsp3) is 0.500. The molecule has 0 amide bonds. The molecule has 0 saturated heterocycles. The number of hydrogen-bond donors (Lipinski definition) is 1. The Morgan fingerprint density at radius 3 is 2.88 bits per heavy atom. The van der Waals surface area contributed by atoms with E-state index in [4.69, 9.17) is 0 Å². The van der Waals surface area contributed by atoms with E-state index in [0.717, 1.165) is 37.0 Å². The highest BCUT2D eigenvalue weighted by molar-refractivity contribution is 5.75. The van der Waals surface area contributed by atoms with Crippen LogP contribution in [0.4, 0.5) is 0 Å². The lowest BCUT2D eigenvalue weighted by Gasteiger charge is -2.08. The second-order valence-corrected chi connectivity index (χ2v) is 5.11. The summed E-state index contributed by atoms with van der Waals surface area (Å²) >= 11 is 0. The van der Waals surface area contributed by atoms with Crippen molar-refractivity contribution in [2.45, 2.75) is 31.8 Å².